The number of hydrogen-bond acceptors (Lipinski definition) is 4. The molecule has 10 heteroatoms. The minimum atomic E-state index is -4.52. The van der Waals surface area contributed by atoms with Crippen molar-refractivity contribution >= 4 is 38.7 Å². The van der Waals surface area contributed by atoms with Crippen LogP contribution in [0.1, 0.15) is 18.1 Å². The van der Waals surface area contributed by atoms with Gasteiger partial charge in [0, 0.05) is 33.5 Å². The molecule has 3 aromatic carbocycles. The summed E-state index contributed by atoms with van der Waals surface area (Å²) in [5.74, 6) is 0. The SMILES string of the molecule is C/C(=N/n1c(-c2ccc(Br)cc2)csc1=Nc1ccccc1C(F)(F)F)c1ccc(-n2ccnc2)cc1. The Morgan fingerprint density at radius 3 is 2.38 bits per heavy atom. The Hall–Kier alpha value is -3.76. The van der Waals surface area contributed by atoms with Gasteiger partial charge in [0.1, 0.15) is 0 Å². The lowest BCUT2D eigenvalue weighted by Gasteiger charge is -2.10. The Labute approximate surface area is 223 Å². The summed E-state index contributed by atoms with van der Waals surface area (Å²) in [6.45, 7) is 1.86. The third kappa shape index (κ3) is 5.50. The smallest absolute Gasteiger partial charge is 0.306 e. The number of alkyl halides is 3. The van der Waals surface area contributed by atoms with Crippen molar-refractivity contribution in [1.29, 1.82) is 0 Å². The van der Waals surface area contributed by atoms with E-state index in [9.17, 15) is 13.2 Å². The third-order valence-corrected chi connectivity index (χ3v) is 6.93. The molecule has 0 fully saturated rings. The van der Waals surface area contributed by atoms with Gasteiger partial charge in [-0.15, -0.1) is 11.3 Å². The van der Waals surface area contributed by atoms with Gasteiger partial charge in [0.15, 0.2) is 0 Å². The number of hydrogen-bond donors (Lipinski definition) is 0. The van der Waals surface area contributed by atoms with Gasteiger partial charge in [0.05, 0.1) is 29.0 Å². The normalized spacial score (nSPS) is 12.8. The van der Waals surface area contributed by atoms with Crippen LogP contribution in [-0.4, -0.2) is 19.9 Å². The molecule has 0 aliphatic rings. The van der Waals surface area contributed by atoms with Gasteiger partial charge in [0.2, 0.25) is 4.80 Å². The minimum absolute atomic E-state index is 0.162. The zero-order valence-corrected chi connectivity index (χ0v) is 21.8. The summed E-state index contributed by atoms with van der Waals surface area (Å²) >= 11 is 4.67. The number of aromatic nitrogens is 3. The molecule has 37 heavy (non-hydrogen) atoms. The summed E-state index contributed by atoms with van der Waals surface area (Å²) in [6, 6.07) is 20.7. The van der Waals surface area contributed by atoms with E-state index >= 15 is 0 Å². The van der Waals surface area contributed by atoms with Crippen LogP contribution < -0.4 is 4.80 Å². The summed E-state index contributed by atoms with van der Waals surface area (Å²) in [5.41, 5.74) is 3.12. The molecule has 186 valence electrons. The summed E-state index contributed by atoms with van der Waals surface area (Å²) in [7, 11) is 0. The molecule has 0 bridgehead atoms. The molecule has 5 rings (SSSR count). The fraction of sp³-hybridized carbons (Fsp3) is 0.0741. The van der Waals surface area contributed by atoms with Crippen molar-refractivity contribution in [2.75, 3.05) is 0 Å². The molecule has 0 saturated heterocycles. The van der Waals surface area contributed by atoms with Crippen LogP contribution in [-0.2, 0) is 6.18 Å². The number of halogens is 4. The number of nitrogens with zero attached hydrogens (tertiary/aromatic N) is 5. The first-order valence-corrected chi connectivity index (χ1v) is 12.8. The first-order valence-electron chi connectivity index (χ1n) is 11.1. The first-order chi connectivity index (χ1) is 17.8. The van der Waals surface area contributed by atoms with Crippen LogP contribution in [0.4, 0.5) is 18.9 Å². The highest BCUT2D eigenvalue weighted by Crippen LogP contribution is 2.36. The zero-order chi connectivity index (χ0) is 26.0. The quantitative estimate of drug-likeness (QED) is 0.196. The largest absolute Gasteiger partial charge is 0.418 e. The second-order valence-electron chi connectivity index (χ2n) is 8.05. The first kappa shape index (κ1) is 24.9. The van der Waals surface area contributed by atoms with E-state index in [1.807, 2.05) is 71.6 Å². The van der Waals surface area contributed by atoms with Gasteiger partial charge < -0.3 is 4.57 Å². The lowest BCUT2D eigenvalue weighted by Crippen LogP contribution is -2.14. The van der Waals surface area contributed by atoms with Gasteiger partial charge in [-0.1, -0.05) is 52.3 Å². The van der Waals surface area contributed by atoms with Crippen molar-refractivity contribution in [3.63, 3.8) is 0 Å². The van der Waals surface area contributed by atoms with Crippen LogP contribution in [0.15, 0.2) is 111 Å². The van der Waals surface area contributed by atoms with Crippen LogP contribution in [0.3, 0.4) is 0 Å². The zero-order valence-electron chi connectivity index (χ0n) is 19.4. The Morgan fingerprint density at radius 1 is 0.973 bits per heavy atom. The molecule has 2 aromatic heterocycles. The maximum Gasteiger partial charge on any atom is 0.418 e. The summed E-state index contributed by atoms with van der Waals surface area (Å²) in [5, 5.41) is 6.65. The summed E-state index contributed by atoms with van der Waals surface area (Å²) in [4.78, 5) is 8.79. The number of benzene rings is 3. The van der Waals surface area contributed by atoms with Gasteiger partial charge in [0.25, 0.3) is 0 Å². The van der Waals surface area contributed by atoms with E-state index in [1.165, 1.54) is 29.5 Å². The lowest BCUT2D eigenvalue weighted by molar-refractivity contribution is -0.137. The lowest BCUT2D eigenvalue weighted by atomic mass is 10.1. The molecule has 0 amide bonds. The van der Waals surface area contributed by atoms with Gasteiger partial charge in [-0.25, -0.2) is 14.7 Å². The van der Waals surface area contributed by atoms with Gasteiger partial charge >= 0.3 is 6.18 Å². The second kappa shape index (κ2) is 10.3. The average molecular weight is 582 g/mol. The number of rotatable bonds is 5. The maximum absolute atomic E-state index is 13.6. The van der Waals surface area contributed by atoms with Crippen molar-refractivity contribution in [1.82, 2.24) is 14.2 Å². The van der Waals surface area contributed by atoms with E-state index in [1.54, 1.807) is 17.2 Å². The molecule has 0 radical (unpaired) electrons. The summed E-state index contributed by atoms with van der Waals surface area (Å²) in [6.07, 6.45) is 0.759. The van der Waals surface area contributed by atoms with Gasteiger partial charge in [-0.3, -0.25) is 0 Å². The Balaban J connectivity index is 1.63. The minimum Gasteiger partial charge on any atom is -0.306 e. The molecule has 0 saturated carbocycles. The standard InChI is InChI=1S/C27H19BrF3N5S/c1-18(19-8-12-22(13-9-19)35-15-14-32-17-35)34-36-25(20-6-10-21(28)11-7-20)16-37-26(36)33-24-5-3-2-4-23(24)27(29,30)31/h2-17H,1H3/b33-26?,34-18-. The monoisotopic (exact) mass is 581 g/mol. The molecule has 0 spiro atoms. The topological polar surface area (TPSA) is 47.5 Å². The predicted octanol–water partition coefficient (Wildman–Crippen LogP) is 7.69. The van der Waals surface area contributed by atoms with Crippen LogP contribution in [0.25, 0.3) is 16.9 Å². The van der Waals surface area contributed by atoms with Crippen molar-refractivity contribution in [2.45, 2.75) is 13.1 Å². The second-order valence-corrected chi connectivity index (χ2v) is 9.80. The third-order valence-electron chi connectivity index (χ3n) is 5.59. The summed E-state index contributed by atoms with van der Waals surface area (Å²) < 4.78 is 45.3. The molecule has 5 aromatic rings. The molecular formula is C27H19BrF3N5S. The van der Waals surface area contributed by atoms with E-state index in [-0.39, 0.29) is 5.69 Å². The number of para-hydroxylation sites is 1. The predicted molar refractivity (Wildman–Crippen MR) is 143 cm³/mol. The van der Waals surface area contributed by atoms with Crippen molar-refractivity contribution in [3.05, 3.63) is 117 Å². The van der Waals surface area contributed by atoms with Crippen LogP contribution in [0, 0.1) is 0 Å². The van der Waals surface area contributed by atoms with E-state index in [4.69, 9.17) is 5.10 Å². The molecule has 0 atom stereocenters. The van der Waals surface area contributed by atoms with Crippen molar-refractivity contribution in [3.8, 4) is 16.9 Å². The van der Waals surface area contributed by atoms with E-state index in [2.05, 4.69) is 25.9 Å². The Morgan fingerprint density at radius 2 is 1.70 bits per heavy atom. The fourth-order valence-corrected chi connectivity index (χ4v) is 4.81. The number of imidazole rings is 1. The molecule has 0 N–H and O–H groups in total. The highest BCUT2D eigenvalue weighted by atomic mass is 79.9. The van der Waals surface area contributed by atoms with Crippen LogP contribution >= 0.6 is 27.3 Å². The van der Waals surface area contributed by atoms with E-state index in [0.717, 1.165) is 33.0 Å². The van der Waals surface area contributed by atoms with Crippen molar-refractivity contribution in [2.24, 2.45) is 10.1 Å². The van der Waals surface area contributed by atoms with Crippen LogP contribution in [0.5, 0.6) is 0 Å². The van der Waals surface area contributed by atoms with Crippen molar-refractivity contribution < 1.29 is 13.2 Å². The highest BCUT2D eigenvalue weighted by molar-refractivity contribution is 9.10. The average Bonchev–Trinajstić information content (AvgIpc) is 3.56. The van der Waals surface area contributed by atoms with E-state index in [0.29, 0.717) is 10.5 Å². The molecule has 0 aliphatic heterocycles. The molecule has 2 heterocycles. The van der Waals surface area contributed by atoms with E-state index < -0.39 is 11.7 Å². The number of thiazole rings is 1. The van der Waals surface area contributed by atoms with Gasteiger partial charge in [-0.05, 0) is 48.9 Å². The molecular weight excluding hydrogens is 563 g/mol. The molecule has 0 unspecified atom stereocenters. The molecule has 0 aliphatic carbocycles. The Bertz CT molecular complexity index is 1610. The van der Waals surface area contributed by atoms with Gasteiger partial charge in [-0.2, -0.15) is 18.3 Å². The maximum atomic E-state index is 13.6. The highest BCUT2D eigenvalue weighted by Gasteiger charge is 2.33. The fourth-order valence-electron chi connectivity index (χ4n) is 3.70. The molecule has 5 nitrogen and oxygen atoms in total. The van der Waals surface area contributed by atoms with Crippen LogP contribution in [0.2, 0.25) is 0 Å². The Kier molecular flexibility index (Phi) is 6.94.